The molecule has 0 radical (unpaired) electrons. The lowest BCUT2D eigenvalue weighted by atomic mass is 10.1. The van der Waals surface area contributed by atoms with Gasteiger partial charge in [-0.05, 0) is 161 Å². The largest absolute Gasteiger partial charge is 0.372 e. The molecule has 18 nitrogen and oxygen atoms in total. The Morgan fingerprint density at radius 1 is 0.203 bits per heavy atom. The Morgan fingerprint density at radius 2 is 0.391 bits per heavy atom. The van der Waals surface area contributed by atoms with Gasteiger partial charge in [-0.2, -0.15) is 51.2 Å². The molecule has 18 heteroatoms. The zero-order valence-electron chi connectivity index (χ0n) is 82.3. The number of hydrogen-bond acceptors (Lipinski definition) is 14. The number of anilines is 10. The third-order valence-electron chi connectivity index (χ3n) is 25.2. The highest BCUT2D eigenvalue weighted by molar-refractivity contribution is 6.19. The number of allylic oxidation sites excluding steroid dienone is 8. The highest BCUT2D eigenvalue weighted by atomic mass is 15.2. The smallest absolute Gasteiger partial charge is 0.212 e. The lowest BCUT2D eigenvalue weighted by Gasteiger charge is -2.28. The molecule has 138 heavy (non-hydrogen) atoms. The highest BCUT2D eigenvalue weighted by Crippen LogP contribution is 2.41. The molecule has 10 rings (SSSR count). The first-order chi connectivity index (χ1) is 66.9. The second-order valence-electron chi connectivity index (χ2n) is 35.4. The molecule has 0 spiro atoms. The van der Waals surface area contributed by atoms with E-state index in [9.17, 15) is 42.1 Å². The van der Waals surface area contributed by atoms with Crippen molar-refractivity contribution < 1.29 is 9.15 Å². The number of nitrogens with zero attached hydrogens (tertiary/aromatic N) is 18. The first-order valence-electron chi connectivity index (χ1n) is 50.5. The van der Waals surface area contributed by atoms with Gasteiger partial charge in [0.15, 0.2) is 24.5 Å². The summed E-state index contributed by atoms with van der Waals surface area (Å²) in [6, 6.07) is 86.7. The standard InChI is InChI=1S/C64H94N4.C54H52N14.2CH4/c1-7-11-15-19-23-27-51-65(52-28-24-20-16-12-8-2)57-39-43-61(44-40-57)68(62-45-41-58(42-46-62)66(53-29-25-21-17-13-9-3)54-30-26-22-18-14-10-4)64-49-47-63(48-50-64)67(59-35-31-55(5)32-36-59)60-37-33-56(6)34-38-60;55-29-1-37-63(38-2-30-56)45-9-17-49(18-10-45)67(50-19-11-46(12-20-50)64(39-3-31-57)40-4-32-58)53-25-27-54(28-26-53)68(51-21-13-47(14-22-51)65(41-5-33-59)42-6-34-60)52-23-15-48(16-24-52)66(43-7-35-61)44-8-36-62;;/h31-50H,7-30,51-54H2,1-6H3;9-28H,1-8,37-44H2;2*1H4/q2*+2;;. The first kappa shape index (κ1) is 111. The van der Waals surface area contributed by atoms with Crippen LogP contribution in [0, 0.1) is 104 Å². The van der Waals surface area contributed by atoms with Crippen molar-refractivity contribution in [1.82, 2.24) is 9.15 Å². The molecule has 0 atom stereocenters. The van der Waals surface area contributed by atoms with Crippen molar-refractivity contribution in [2.45, 2.75) is 262 Å². The maximum absolute atomic E-state index is 9.32. The Kier molecular flexibility index (Phi) is 52.3. The Morgan fingerprint density at radius 3 is 0.638 bits per heavy atom. The van der Waals surface area contributed by atoms with Gasteiger partial charge in [-0.3, -0.25) is 0 Å². The van der Waals surface area contributed by atoms with Crippen LogP contribution in [0.2, 0.25) is 0 Å². The van der Waals surface area contributed by atoms with E-state index >= 15 is 0 Å². The number of nitriles is 8. The minimum absolute atomic E-state index is 0. The van der Waals surface area contributed by atoms with E-state index in [1.807, 2.05) is 116 Å². The molecule has 0 unspecified atom stereocenters. The van der Waals surface area contributed by atoms with Crippen LogP contribution in [0.1, 0.15) is 259 Å². The van der Waals surface area contributed by atoms with Gasteiger partial charge < -0.3 is 29.4 Å². The molecule has 8 aromatic rings. The molecule has 0 heterocycles. The lowest BCUT2D eigenvalue weighted by Crippen LogP contribution is -2.26. The summed E-state index contributed by atoms with van der Waals surface area (Å²) in [5.41, 5.74) is 21.1. The molecule has 0 aromatic heterocycles. The van der Waals surface area contributed by atoms with E-state index in [1.165, 1.54) is 188 Å². The zero-order valence-corrected chi connectivity index (χ0v) is 82.3. The van der Waals surface area contributed by atoms with E-state index in [2.05, 4.69) is 264 Å². The Balaban J connectivity index is 0.000000370. The normalized spacial score (nSPS) is 11.5. The van der Waals surface area contributed by atoms with Crippen LogP contribution in [0.5, 0.6) is 0 Å². The van der Waals surface area contributed by atoms with E-state index in [4.69, 9.17) is 0 Å². The molecule has 0 saturated heterocycles. The van der Waals surface area contributed by atoms with Gasteiger partial charge in [0.05, 0.1) is 99.9 Å². The van der Waals surface area contributed by atoms with E-state index in [0.29, 0.717) is 104 Å². The summed E-state index contributed by atoms with van der Waals surface area (Å²) in [5.74, 6) is 0. The summed E-state index contributed by atoms with van der Waals surface area (Å²) in [5, 5.41) is 74.6. The van der Waals surface area contributed by atoms with Gasteiger partial charge in [0.25, 0.3) is 0 Å². The highest BCUT2D eigenvalue weighted by Gasteiger charge is 2.28. The van der Waals surface area contributed by atoms with Gasteiger partial charge >= 0.3 is 0 Å². The number of hydrogen-bond donors (Lipinski definition) is 0. The topological polar surface area (TPSA) is 222 Å². The fourth-order valence-corrected chi connectivity index (χ4v) is 17.6. The Bertz CT molecular complexity index is 5290. The second kappa shape index (κ2) is 65.0. The molecule has 0 bridgehead atoms. The average molecular weight is 1850 g/mol. The van der Waals surface area contributed by atoms with E-state index in [-0.39, 0.29) is 14.9 Å². The quantitative estimate of drug-likeness (QED) is 0.0197. The second-order valence-corrected chi connectivity index (χ2v) is 35.4. The van der Waals surface area contributed by atoms with Crippen molar-refractivity contribution in [1.29, 1.82) is 42.1 Å². The van der Waals surface area contributed by atoms with Gasteiger partial charge in [-0.25, -0.2) is 9.15 Å². The molecule has 8 aromatic carbocycles. The summed E-state index contributed by atoms with van der Waals surface area (Å²) in [4.78, 5) is 13.3. The van der Waals surface area contributed by atoms with Gasteiger partial charge in [0.1, 0.15) is 13.1 Å². The van der Waals surface area contributed by atoms with Crippen molar-refractivity contribution in [3.05, 3.63) is 254 Å². The summed E-state index contributed by atoms with van der Waals surface area (Å²) >= 11 is 0. The van der Waals surface area contributed by atoms with Crippen LogP contribution in [0.3, 0.4) is 0 Å². The molecule has 0 N–H and O–H groups in total. The Labute approximate surface area is 829 Å². The van der Waals surface area contributed by atoms with Crippen LogP contribution in [-0.4, -0.2) is 111 Å². The maximum atomic E-state index is 9.32. The van der Waals surface area contributed by atoms with Crippen LogP contribution in [0.4, 0.5) is 79.6 Å². The predicted octanol–water partition coefficient (Wildman–Crippen LogP) is 29.9. The minimum Gasteiger partial charge on any atom is -0.372 e. The SMILES string of the molecule is C.C.CCCCCCCCN(CCCCCCCC)c1ccc([N+](=C2C=CC(=[N+](CCCCCCCC)CCCCCCCC)C=C2)c2ccc(N(c3ccc(C)cc3)c3ccc(C)cc3)cc2)cc1.N#CCCN(CCC#N)c1ccc(N(c2ccc(N(CCC#N)CCC#N)cc2)c2ccc([N+](=C3C=CC(=[N+](CCC#N)CCC#N)C=C3)c3ccc(N(CCC#N)CCC#N)cc3)cc2)cc1. The van der Waals surface area contributed by atoms with Crippen molar-refractivity contribution in [3.63, 3.8) is 0 Å². The van der Waals surface area contributed by atoms with Crippen molar-refractivity contribution in [2.24, 2.45) is 0 Å². The van der Waals surface area contributed by atoms with Crippen LogP contribution < -0.4 is 38.6 Å². The molecule has 0 amide bonds. The van der Waals surface area contributed by atoms with Gasteiger partial charge in [0.2, 0.25) is 34.2 Å². The summed E-state index contributed by atoms with van der Waals surface area (Å²) in [7, 11) is 0. The molecule has 2 aliphatic rings. The molecule has 720 valence electrons. The van der Waals surface area contributed by atoms with Gasteiger partial charge in [-0.15, -0.1) is 0 Å². The van der Waals surface area contributed by atoms with Crippen molar-refractivity contribution >= 4 is 102 Å². The number of unbranched alkanes of at least 4 members (excludes halogenated alkanes) is 20. The Hall–Kier alpha value is -13.9. The van der Waals surface area contributed by atoms with Crippen LogP contribution in [0.25, 0.3) is 0 Å². The van der Waals surface area contributed by atoms with E-state index in [0.717, 1.165) is 106 Å². The lowest BCUT2D eigenvalue weighted by molar-refractivity contribution is -0.527. The van der Waals surface area contributed by atoms with Gasteiger partial charge in [-0.1, -0.05) is 194 Å². The molecule has 0 aliphatic heterocycles. The van der Waals surface area contributed by atoms with E-state index in [1.54, 1.807) is 0 Å². The zero-order chi connectivity index (χ0) is 96.4. The number of aryl methyl sites for hydroxylation is 2. The fourth-order valence-electron chi connectivity index (χ4n) is 17.6. The van der Waals surface area contributed by atoms with Crippen LogP contribution >= 0.6 is 0 Å². The summed E-state index contributed by atoms with van der Waals surface area (Å²) in [6.07, 6.45) is 52.2. The van der Waals surface area contributed by atoms with Gasteiger partial charge in [0, 0.05) is 219 Å². The van der Waals surface area contributed by atoms with Crippen molar-refractivity contribution in [2.75, 3.05) is 108 Å². The maximum Gasteiger partial charge on any atom is 0.212 e. The average Bonchev–Trinajstić information content (AvgIpc) is 0.785. The fraction of sp³-hybridized carbons (Fsp3) is 0.433. The first-order valence-corrected chi connectivity index (χ1v) is 50.5. The van der Waals surface area contributed by atoms with Crippen LogP contribution in [0.15, 0.2) is 243 Å². The van der Waals surface area contributed by atoms with Crippen LogP contribution in [-0.2, 0) is 0 Å². The molecular formula is C120H154N18+4. The third-order valence-corrected chi connectivity index (χ3v) is 25.2. The third kappa shape index (κ3) is 36.3. The summed E-state index contributed by atoms with van der Waals surface area (Å²) < 4.78 is 9.34. The number of benzene rings is 8. The monoisotopic (exact) mass is 1850 g/mol. The minimum atomic E-state index is 0. The van der Waals surface area contributed by atoms with Crippen molar-refractivity contribution in [3.8, 4) is 48.6 Å². The molecule has 2 aliphatic carbocycles. The predicted molar refractivity (Wildman–Crippen MR) is 582 cm³/mol. The number of rotatable bonds is 58. The summed E-state index contributed by atoms with van der Waals surface area (Å²) in [6.45, 7) is 22.1. The molecular weight excluding hydrogens is 1690 g/mol. The molecule has 0 fully saturated rings. The van der Waals surface area contributed by atoms with E-state index < -0.39 is 0 Å². The molecule has 0 saturated carbocycles.